The van der Waals surface area contributed by atoms with Crippen molar-refractivity contribution >= 4 is 0 Å². The molecule has 0 bridgehead atoms. The first-order chi connectivity index (χ1) is 13.0. The van der Waals surface area contributed by atoms with E-state index in [0.717, 1.165) is 64.6 Å². The van der Waals surface area contributed by atoms with Crippen molar-refractivity contribution in [1.29, 1.82) is 0 Å². The minimum absolute atomic E-state index is 0.0619. The topological polar surface area (TPSA) is 52.8 Å². The molecular formula is C22H38O5. The van der Waals surface area contributed by atoms with Crippen LogP contribution in [0.25, 0.3) is 0 Å². The SMILES string of the molecule is CCC1(C(CC2CCCO2)OC(CC2CCCO2)C2(CC)OC2C)OC1C. The Balaban J connectivity index is 1.51. The molecule has 0 saturated carbocycles. The molecule has 4 aliphatic heterocycles. The normalized spacial score (nSPS) is 45.8. The lowest BCUT2D eigenvalue weighted by Gasteiger charge is -2.34. The lowest BCUT2D eigenvalue weighted by atomic mass is 9.87. The van der Waals surface area contributed by atoms with Crippen LogP contribution in [0.5, 0.6) is 0 Å². The first-order valence-electron chi connectivity index (χ1n) is 11.3. The Labute approximate surface area is 164 Å². The van der Waals surface area contributed by atoms with E-state index >= 15 is 0 Å². The van der Waals surface area contributed by atoms with Crippen molar-refractivity contribution in [2.75, 3.05) is 13.2 Å². The smallest absolute Gasteiger partial charge is 0.120 e. The summed E-state index contributed by atoms with van der Waals surface area (Å²) in [6.07, 6.45) is 9.63. The third kappa shape index (κ3) is 3.83. The van der Waals surface area contributed by atoms with Crippen LogP contribution in [0.15, 0.2) is 0 Å². The molecule has 0 aromatic rings. The first-order valence-corrected chi connectivity index (χ1v) is 11.3. The van der Waals surface area contributed by atoms with E-state index in [1.54, 1.807) is 0 Å². The van der Waals surface area contributed by atoms with E-state index in [4.69, 9.17) is 23.7 Å². The van der Waals surface area contributed by atoms with Crippen molar-refractivity contribution < 1.29 is 23.7 Å². The molecule has 0 radical (unpaired) electrons. The Morgan fingerprint density at radius 2 is 1.22 bits per heavy atom. The molecule has 0 spiro atoms. The number of hydrogen-bond donors (Lipinski definition) is 0. The van der Waals surface area contributed by atoms with Crippen LogP contribution in [-0.2, 0) is 23.7 Å². The summed E-state index contributed by atoms with van der Waals surface area (Å²) in [6, 6.07) is 0. The monoisotopic (exact) mass is 382 g/mol. The Morgan fingerprint density at radius 3 is 1.48 bits per heavy atom. The van der Waals surface area contributed by atoms with E-state index < -0.39 is 0 Å². The molecule has 27 heavy (non-hydrogen) atoms. The molecule has 8 atom stereocenters. The molecule has 0 aliphatic carbocycles. The Bertz CT molecular complexity index is 449. The quantitative estimate of drug-likeness (QED) is 0.534. The first kappa shape index (κ1) is 20.1. The Kier molecular flexibility index (Phi) is 5.88. The fourth-order valence-corrected chi connectivity index (χ4v) is 5.54. The standard InChI is InChI=1S/C22H38O5/c1-5-21(15(3)26-21)19(13-17-9-7-11-23-17)25-20(14-18-10-8-12-24-18)22(6-2)16(4)27-22/h15-20H,5-14H2,1-4H3. The van der Waals surface area contributed by atoms with E-state index in [-0.39, 0.29) is 35.6 Å². The lowest BCUT2D eigenvalue weighted by molar-refractivity contribution is -0.116. The van der Waals surface area contributed by atoms with Gasteiger partial charge in [0.25, 0.3) is 0 Å². The van der Waals surface area contributed by atoms with Crippen molar-refractivity contribution in [3.8, 4) is 0 Å². The van der Waals surface area contributed by atoms with Crippen LogP contribution < -0.4 is 0 Å². The molecule has 5 heteroatoms. The zero-order valence-corrected chi connectivity index (χ0v) is 17.6. The van der Waals surface area contributed by atoms with E-state index in [2.05, 4.69) is 27.7 Å². The average Bonchev–Trinajstić information content (AvgIpc) is 3.27. The number of ether oxygens (including phenoxy) is 5. The number of epoxide rings is 2. The van der Waals surface area contributed by atoms with Crippen molar-refractivity contribution in [2.24, 2.45) is 0 Å². The summed E-state index contributed by atoms with van der Waals surface area (Å²) in [7, 11) is 0. The molecule has 0 amide bonds. The third-order valence-electron chi connectivity index (χ3n) is 7.58. The van der Waals surface area contributed by atoms with Crippen molar-refractivity contribution in [1.82, 2.24) is 0 Å². The maximum Gasteiger partial charge on any atom is 0.120 e. The van der Waals surface area contributed by atoms with Gasteiger partial charge in [0.2, 0.25) is 0 Å². The van der Waals surface area contributed by atoms with Crippen molar-refractivity contribution in [3.63, 3.8) is 0 Å². The van der Waals surface area contributed by atoms with Crippen LogP contribution in [0.4, 0.5) is 0 Å². The molecular weight excluding hydrogens is 344 g/mol. The highest BCUT2D eigenvalue weighted by atomic mass is 16.7. The minimum Gasteiger partial charge on any atom is -0.378 e. The summed E-state index contributed by atoms with van der Waals surface area (Å²) in [5, 5.41) is 0. The summed E-state index contributed by atoms with van der Waals surface area (Å²) < 4.78 is 31.1. The van der Waals surface area contributed by atoms with Gasteiger partial charge in [0, 0.05) is 26.1 Å². The van der Waals surface area contributed by atoms with Crippen LogP contribution in [-0.4, -0.2) is 61.0 Å². The number of rotatable bonds is 10. The van der Waals surface area contributed by atoms with Crippen LogP contribution in [0.2, 0.25) is 0 Å². The molecule has 4 rings (SSSR count). The van der Waals surface area contributed by atoms with Gasteiger partial charge < -0.3 is 23.7 Å². The zero-order chi connectivity index (χ0) is 19.1. The molecule has 0 aromatic heterocycles. The van der Waals surface area contributed by atoms with E-state index in [1.807, 2.05) is 0 Å². The van der Waals surface area contributed by atoms with E-state index in [0.29, 0.717) is 12.2 Å². The van der Waals surface area contributed by atoms with Crippen LogP contribution >= 0.6 is 0 Å². The summed E-state index contributed by atoms with van der Waals surface area (Å²) in [4.78, 5) is 0. The predicted octanol–water partition coefficient (Wildman–Crippen LogP) is 4.01. The molecule has 5 nitrogen and oxygen atoms in total. The van der Waals surface area contributed by atoms with Gasteiger partial charge in [0.15, 0.2) is 0 Å². The van der Waals surface area contributed by atoms with Crippen molar-refractivity contribution in [2.45, 2.75) is 127 Å². The van der Waals surface area contributed by atoms with Gasteiger partial charge in [-0.2, -0.15) is 0 Å². The van der Waals surface area contributed by atoms with Gasteiger partial charge in [0.05, 0.1) is 36.6 Å². The molecule has 4 heterocycles. The second-order valence-electron chi connectivity index (χ2n) is 8.99. The largest absolute Gasteiger partial charge is 0.378 e. The molecule has 156 valence electrons. The Morgan fingerprint density at radius 1 is 0.815 bits per heavy atom. The molecule has 4 saturated heterocycles. The Hall–Kier alpha value is -0.200. The third-order valence-corrected chi connectivity index (χ3v) is 7.58. The van der Waals surface area contributed by atoms with Crippen LogP contribution in [0, 0.1) is 0 Å². The highest BCUT2D eigenvalue weighted by molar-refractivity contribution is 5.10. The van der Waals surface area contributed by atoms with Gasteiger partial charge in [-0.15, -0.1) is 0 Å². The van der Waals surface area contributed by atoms with Gasteiger partial charge in [-0.25, -0.2) is 0 Å². The zero-order valence-electron chi connectivity index (χ0n) is 17.6. The summed E-state index contributed by atoms with van der Waals surface area (Å²) >= 11 is 0. The highest BCUT2D eigenvalue weighted by Gasteiger charge is 2.63. The van der Waals surface area contributed by atoms with Gasteiger partial charge in [-0.3, -0.25) is 0 Å². The van der Waals surface area contributed by atoms with E-state index in [1.165, 1.54) is 0 Å². The highest BCUT2D eigenvalue weighted by Crippen LogP contribution is 2.51. The van der Waals surface area contributed by atoms with Crippen LogP contribution in [0.3, 0.4) is 0 Å². The maximum absolute atomic E-state index is 6.94. The lowest BCUT2D eigenvalue weighted by Crippen LogP contribution is -2.45. The minimum atomic E-state index is -0.159. The summed E-state index contributed by atoms with van der Waals surface area (Å²) in [5.74, 6) is 0. The molecule has 4 fully saturated rings. The van der Waals surface area contributed by atoms with Crippen LogP contribution in [0.1, 0.15) is 79.1 Å². The maximum atomic E-state index is 6.94. The molecule has 4 aliphatic rings. The second kappa shape index (κ2) is 7.91. The van der Waals surface area contributed by atoms with E-state index in [9.17, 15) is 0 Å². The van der Waals surface area contributed by atoms with Gasteiger partial charge in [0.1, 0.15) is 11.2 Å². The predicted molar refractivity (Wildman–Crippen MR) is 103 cm³/mol. The fraction of sp³-hybridized carbons (Fsp3) is 1.00. The second-order valence-corrected chi connectivity index (χ2v) is 8.99. The average molecular weight is 383 g/mol. The molecule has 0 aromatic carbocycles. The van der Waals surface area contributed by atoms with Gasteiger partial charge in [-0.1, -0.05) is 13.8 Å². The molecule has 8 unspecified atom stereocenters. The summed E-state index contributed by atoms with van der Waals surface area (Å²) in [5.41, 5.74) is -0.318. The molecule has 0 N–H and O–H groups in total. The van der Waals surface area contributed by atoms with Gasteiger partial charge >= 0.3 is 0 Å². The van der Waals surface area contributed by atoms with Gasteiger partial charge in [-0.05, 0) is 52.4 Å². The fourth-order valence-electron chi connectivity index (χ4n) is 5.54. The van der Waals surface area contributed by atoms with Crippen molar-refractivity contribution in [3.05, 3.63) is 0 Å². The number of hydrogen-bond acceptors (Lipinski definition) is 5. The summed E-state index contributed by atoms with van der Waals surface area (Å²) in [6.45, 7) is 10.6.